The second-order valence-corrected chi connectivity index (χ2v) is 4.76. The number of halogens is 2. The van der Waals surface area contributed by atoms with Crippen molar-refractivity contribution < 1.29 is 5.11 Å². The molecule has 1 fully saturated rings. The molecule has 1 aromatic rings. The Balaban J connectivity index is 2.45. The number of benzene rings is 1. The zero-order valence-corrected chi connectivity index (χ0v) is 9.90. The first-order valence-corrected chi connectivity index (χ1v) is 5.68. The first-order valence-electron chi connectivity index (χ1n) is 4.51. The number of hydrogen-bond donors (Lipinski definition) is 2. The van der Waals surface area contributed by atoms with Crippen molar-refractivity contribution in [1.29, 1.82) is 0 Å². The van der Waals surface area contributed by atoms with E-state index in [0.29, 0.717) is 11.6 Å². The van der Waals surface area contributed by atoms with E-state index in [1.807, 2.05) is 12.1 Å². The fourth-order valence-corrected chi connectivity index (χ4v) is 2.58. The van der Waals surface area contributed by atoms with Crippen LogP contribution in [0.5, 0.6) is 0 Å². The third-order valence-corrected chi connectivity index (χ3v) is 3.98. The molecule has 1 aromatic carbocycles. The van der Waals surface area contributed by atoms with Crippen molar-refractivity contribution in [3.63, 3.8) is 0 Å². The highest BCUT2D eigenvalue weighted by molar-refractivity contribution is 9.10. The number of hydrogen-bond acceptors (Lipinski definition) is 2. The smallest absolute Gasteiger partial charge is 0.104 e. The molecular formula is C10H11BrClNO. The molecule has 1 aliphatic heterocycles. The lowest BCUT2D eigenvalue weighted by atomic mass is 9.93. The molecule has 1 aliphatic rings. The van der Waals surface area contributed by atoms with Gasteiger partial charge in [0.15, 0.2) is 0 Å². The van der Waals surface area contributed by atoms with E-state index in [1.165, 1.54) is 0 Å². The molecule has 0 radical (unpaired) electrons. The molecule has 1 unspecified atom stereocenters. The molecular weight excluding hydrogens is 265 g/mol. The molecule has 0 spiro atoms. The Labute approximate surface area is 96.4 Å². The van der Waals surface area contributed by atoms with Gasteiger partial charge in [-0.2, -0.15) is 0 Å². The van der Waals surface area contributed by atoms with Crippen LogP contribution in [0.15, 0.2) is 22.7 Å². The Morgan fingerprint density at radius 1 is 1.50 bits per heavy atom. The van der Waals surface area contributed by atoms with Crippen molar-refractivity contribution in [3.05, 3.63) is 33.3 Å². The third-order valence-electron chi connectivity index (χ3n) is 2.59. The van der Waals surface area contributed by atoms with Crippen molar-refractivity contribution in [2.24, 2.45) is 0 Å². The maximum atomic E-state index is 10.3. The van der Waals surface area contributed by atoms with Crippen LogP contribution in [0.3, 0.4) is 0 Å². The summed E-state index contributed by atoms with van der Waals surface area (Å²) in [6.07, 6.45) is 0.728. The molecule has 2 N–H and O–H groups in total. The van der Waals surface area contributed by atoms with Gasteiger partial charge in [0.1, 0.15) is 5.60 Å². The Kier molecular flexibility index (Phi) is 2.84. The van der Waals surface area contributed by atoms with E-state index in [-0.39, 0.29) is 0 Å². The van der Waals surface area contributed by atoms with Crippen molar-refractivity contribution in [2.75, 3.05) is 13.1 Å². The summed E-state index contributed by atoms with van der Waals surface area (Å²) < 4.78 is 0.799. The highest BCUT2D eigenvalue weighted by atomic mass is 79.9. The summed E-state index contributed by atoms with van der Waals surface area (Å²) in [5.41, 5.74) is 0.0963. The molecule has 4 heteroatoms. The van der Waals surface area contributed by atoms with Gasteiger partial charge in [-0.1, -0.05) is 23.7 Å². The number of rotatable bonds is 1. The highest BCUT2D eigenvalue weighted by Crippen LogP contribution is 2.36. The first-order chi connectivity index (χ1) is 6.63. The number of aliphatic hydroxyl groups is 1. The minimum absolute atomic E-state index is 0.589. The Bertz CT molecular complexity index is 350. The lowest BCUT2D eigenvalue weighted by Crippen LogP contribution is -2.28. The monoisotopic (exact) mass is 275 g/mol. The van der Waals surface area contributed by atoms with Crippen LogP contribution < -0.4 is 5.32 Å². The lowest BCUT2D eigenvalue weighted by molar-refractivity contribution is 0.0580. The van der Waals surface area contributed by atoms with Gasteiger partial charge in [0, 0.05) is 16.6 Å². The molecule has 2 nitrogen and oxygen atoms in total. The first kappa shape index (κ1) is 10.4. The summed E-state index contributed by atoms with van der Waals surface area (Å²) in [5.74, 6) is 0. The summed E-state index contributed by atoms with van der Waals surface area (Å²) >= 11 is 9.38. The van der Waals surface area contributed by atoms with Gasteiger partial charge in [-0.15, -0.1) is 0 Å². The second-order valence-electron chi connectivity index (χ2n) is 3.56. The van der Waals surface area contributed by atoms with Crippen LogP contribution in [0.1, 0.15) is 12.0 Å². The molecule has 1 heterocycles. The maximum absolute atomic E-state index is 10.3. The van der Waals surface area contributed by atoms with Crippen LogP contribution in [0, 0.1) is 0 Å². The van der Waals surface area contributed by atoms with E-state index in [9.17, 15) is 5.11 Å². The van der Waals surface area contributed by atoms with E-state index in [4.69, 9.17) is 11.6 Å². The van der Waals surface area contributed by atoms with Gasteiger partial charge in [0.05, 0.1) is 5.02 Å². The summed E-state index contributed by atoms with van der Waals surface area (Å²) in [5, 5.41) is 14.1. The molecule has 0 saturated carbocycles. The lowest BCUT2D eigenvalue weighted by Gasteiger charge is -2.23. The summed E-state index contributed by atoms with van der Waals surface area (Å²) in [7, 11) is 0. The van der Waals surface area contributed by atoms with E-state index in [1.54, 1.807) is 6.07 Å². The number of β-amino-alcohol motifs (C(OH)–C–C–N with tert-alkyl or cyclic N) is 1. The van der Waals surface area contributed by atoms with Gasteiger partial charge in [-0.25, -0.2) is 0 Å². The second kappa shape index (κ2) is 3.81. The molecule has 14 heavy (non-hydrogen) atoms. The van der Waals surface area contributed by atoms with Gasteiger partial charge in [0.25, 0.3) is 0 Å². The van der Waals surface area contributed by atoms with Crippen LogP contribution in [0.4, 0.5) is 0 Å². The van der Waals surface area contributed by atoms with Gasteiger partial charge >= 0.3 is 0 Å². The molecule has 0 aliphatic carbocycles. The van der Waals surface area contributed by atoms with E-state index in [2.05, 4.69) is 21.2 Å². The average molecular weight is 277 g/mol. The van der Waals surface area contributed by atoms with Crippen LogP contribution in [0.2, 0.25) is 5.02 Å². The minimum Gasteiger partial charge on any atom is -0.384 e. The fraction of sp³-hybridized carbons (Fsp3) is 0.400. The standard InChI is InChI=1S/C10H11BrClNO/c11-9-7(2-1-3-8(9)12)10(14)4-5-13-6-10/h1-3,13-14H,4-6H2. The van der Waals surface area contributed by atoms with Crippen LogP contribution in [-0.4, -0.2) is 18.2 Å². The highest BCUT2D eigenvalue weighted by Gasteiger charge is 2.34. The van der Waals surface area contributed by atoms with Gasteiger partial charge in [0.2, 0.25) is 0 Å². The van der Waals surface area contributed by atoms with Crippen LogP contribution in [0.25, 0.3) is 0 Å². The van der Waals surface area contributed by atoms with Gasteiger partial charge in [-0.05, 0) is 35.0 Å². The van der Waals surface area contributed by atoms with Crippen molar-refractivity contribution in [3.8, 4) is 0 Å². The average Bonchev–Trinajstić information content (AvgIpc) is 2.58. The fourth-order valence-electron chi connectivity index (χ4n) is 1.77. The predicted octanol–water partition coefficient (Wildman–Crippen LogP) is 2.28. The minimum atomic E-state index is -0.774. The SMILES string of the molecule is OC1(c2cccc(Cl)c2Br)CCNC1. The summed E-state index contributed by atoms with van der Waals surface area (Å²) in [6, 6.07) is 5.57. The molecule has 1 atom stereocenters. The molecule has 2 rings (SSSR count). The quantitative estimate of drug-likeness (QED) is 0.825. The van der Waals surface area contributed by atoms with Crippen LogP contribution in [-0.2, 0) is 5.60 Å². The third kappa shape index (κ3) is 1.70. The Morgan fingerprint density at radius 3 is 2.93 bits per heavy atom. The summed E-state index contributed by atoms with van der Waals surface area (Å²) in [4.78, 5) is 0. The van der Waals surface area contributed by atoms with Crippen molar-refractivity contribution >= 4 is 27.5 Å². The van der Waals surface area contributed by atoms with Gasteiger partial charge < -0.3 is 10.4 Å². The zero-order chi connectivity index (χ0) is 10.2. The molecule has 0 bridgehead atoms. The normalized spacial score (nSPS) is 26.8. The van der Waals surface area contributed by atoms with E-state index in [0.717, 1.165) is 23.0 Å². The maximum Gasteiger partial charge on any atom is 0.104 e. The molecule has 0 amide bonds. The largest absolute Gasteiger partial charge is 0.384 e. The van der Waals surface area contributed by atoms with Crippen molar-refractivity contribution in [1.82, 2.24) is 5.32 Å². The summed E-state index contributed by atoms with van der Waals surface area (Å²) in [6.45, 7) is 1.43. The Hall–Kier alpha value is -0.0900. The topological polar surface area (TPSA) is 32.3 Å². The number of nitrogens with one attached hydrogen (secondary N) is 1. The molecule has 76 valence electrons. The van der Waals surface area contributed by atoms with Crippen molar-refractivity contribution in [2.45, 2.75) is 12.0 Å². The molecule has 0 aromatic heterocycles. The van der Waals surface area contributed by atoms with Crippen LogP contribution >= 0.6 is 27.5 Å². The zero-order valence-electron chi connectivity index (χ0n) is 7.56. The van der Waals surface area contributed by atoms with E-state index >= 15 is 0 Å². The predicted molar refractivity (Wildman–Crippen MR) is 60.5 cm³/mol. The Morgan fingerprint density at radius 2 is 2.29 bits per heavy atom. The molecule has 1 saturated heterocycles. The van der Waals surface area contributed by atoms with E-state index < -0.39 is 5.60 Å². The van der Waals surface area contributed by atoms with Gasteiger partial charge in [-0.3, -0.25) is 0 Å².